The summed E-state index contributed by atoms with van der Waals surface area (Å²) in [5, 5.41) is 13.1. The summed E-state index contributed by atoms with van der Waals surface area (Å²) in [5.41, 5.74) is 2.45. The number of carbonyl (C=O) groups is 3. The molecule has 0 aromatic heterocycles. The zero-order valence-electron chi connectivity index (χ0n) is 18.6. The van der Waals surface area contributed by atoms with Crippen molar-refractivity contribution in [3.8, 4) is 5.75 Å². The molecule has 1 heterocycles. The van der Waals surface area contributed by atoms with Gasteiger partial charge in [0.1, 0.15) is 17.7 Å². The highest BCUT2D eigenvalue weighted by molar-refractivity contribution is 6.07. The molecule has 3 N–H and O–H groups in total. The van der Waals surface area contributed by atoms with Gasteiger partial charge in [0.25, 0.3) is 5.91 Å². The minimum Gasteiger partial charge on any atom is -0.490 e. The van der Waals surface area contributed by atoms with E-state index in [0.29, 0.717) is 35.6 Å². The predicted molar refractivity (Wildman–Crippen MR) is 122 cm³/mol. The first-order chi connectivity index (χ1) is 15.9. The second-order valence-corrected chi connectivity index (χ2v) is 7.36. The maximum Gasteiger partial charge on any atom is 0.412 e. The highest BCUT2D eigenvalue weighted by Gasteiger charge is 2.23. The van der Waals surface area contributed by atoms with Gasteiger partial charge in [-0.15, -0.1) is 0 Å². The van der Waals surface area contributed by atoms with E-state index in [-0.39, 0.29) is 36.8 Å². The van der Waals surface area contributed by atoms with Gasteiger partial charge in [-0.2, -0.15) is 0 Å². The zero-order chi connectivity index (χ0) is 23.8. The third-order valence-electron chi connectivity index (χ3n) is 4.99. The van der Waals surface area contributed by atoms with Crippen LogP contribution in [-0.4, -0.2) is 43.1 Å². The number of nitrogens with one attached hydrogen (secondary N) is 3. The molecule has 0 spiro atoms. The number of alkyl carbamates (subject to hydrolysis) is 1. The lowest BCUT2D eigenvalue weighted by Gasteiger charge is -2.26. The third-order valence-corrected chi connectivity index (χ3v) is 4.99. The summed E-state index contributed by atoms with van der Waals surface area (Å²) in [6.07, 6.45) is 0.721. The summed E-state index contributed by atoms with van der Waals surface area (Å²) in [4.78, 5) is 35.7. The number of benzene rings is 2. The molecule has 1 aliphatic heterocycles. The van der Waals surface area contributed by atoms with E-state index in [4.69, 9.17) is 19.6 Å². The molecule has 9 nitrogen and oxygen atoms in total. The molecule has 1 atom stereocenters. The zero-order valence-corrected chi connectivity index (χ0v) is 18.6. The monoisotopic (exact) mass is 453 g/mol. The second-order valence-electron chi connectivity index (χ2n) is 7.36. The maximum atomic E-state index is 12.6. The molecular formula is C24H27N3O6. The van der Waals surface area contributed by atoms with Gasteiger partial charge in [-0.05, 0) is 62.6 Å². The first-order valence-electron chi connectivity index (χ1n) is 10.8. The van der Waals surface area contributed by atoms with Crippen LogP contribution in [0.15, 0.2) is 42.5 Å². The first kappa shape index (κ1) is 23.8. The molecule has 1 aliphatic rings. The summed E-state index contributed by atoms with van der Waals surface area (Å²) in [6.45, 7) is 4.00. The SMILES string of the molecule is CCOC(=O)CC1CCc2cc(NC(=O)c3ccc(C(=N)NC(=O)OCC)cc3)ccc2O1. The fourth-order valence-corrected chi connectivity index (χ4v) is 3.40. The van der Waals surface area contributed by atoms with Gasteiger partial charge in [0, 0.05) is 16.8 Å². The van der Waals surface area contributed by atoms with Crippen molar-refractivity contribution in [1.29, 1.82) is 5.41 Å². The van der Waals surface area contributed by atoms with E-state index in [2.05, 4.69) is 10.6 Å². The lowest BCUT2D eigenvalue weighted by molar-refractivity contribution is -0.145. The quantitative estimate of drug-likeness (QED) is 0.334. The lowest BCUT2D eigenvalue weighted by atomic mass is 10.00. The van der Waals surface area contributed by atoms with E-state index in [1.54, 1.807) is 50.2 Å². The normalized spacial score (nSPS) is 14.3. The van der Waals surface area contributed by atoms with Crippen LogP contribution in [0.2, 0.25) is 0 Å². The fraction of sp³-hybridized carbons (Fsp3) is 0.333. The van der Waals surface area contributed by atoms with Gasteiger partial charge in [-0.3, -0.25) is 20.3 Å². The molecule has 0 fully saturated rings. The highest BCUT2D eigenvalue weighted by atomic mass is 16.5. The Morgan fingerprint density at radius 1 is 1.03 bits per heavy atom. The Kier molecular flexibility index (Phi) is 8.01. The van der Waals surface area contributed by atoms with Crippen molar-refractivity contribution in [3.63, 3.8) is 0 Å². The lowest BCUT2D eigenvalue weighted by Crippen LogP contribution is -2.31. The van der Waals surface area contributed by atoms with E-state index < -0.39 is 6.09 Å². The number of aryl methyl sites for hydroxylation is 1. The van der Waals surface area contributed by atoms with Crippen LogP contribution in [0, 0.1) is 5.41 Å². The van der Waals surface area contributed by atoms with Crippen molar-refractivity contribution < 1.29 is 28.6 Å². The van der Waals surface area contributed by atoms with Gasteiger partial charge >= 0.3 is 12.1 Å². The molecule has 2 aromatic carbocycles. The summed E-state index contributed by atoms with van der Waals surface area (Å²) < 4.78 is 15.6. The van der Waals surface area contributed by atoms with Crippen molar-refractivity contribution in [1.82, 2.24) is 5.32 Å². The van der Waals surface area contributed by atoms with Crippen molar-refractivity contribution in [2.24, 2.45) is 0 Å². The summed E-state index contributed by atoms with van der Waals surface area (Å²) in [5.74, 6) is 0.0119. The number of carbonyl (C=O) groups excluding carboxylic acids is 3. The average molecular weight is 453 g/mol. The van der Waals surface area contributed by atoms with Crippen molar-refractivity contribution in [3.05, 3.63) is 59.2 Å². The predicted octanol–water partition coefficient (Wildman–Crippen LogP) is 3.66. The largest absolute Gasteiger partial charge is 0.490 e. The number of fused-ring (bicyclic) bond motifs is 1. The van der Waals surface area contributed by atoms with Crippen LogP contribution >= 0.6 is 0 Å². The standard InChI is InChI=1S/C24H27N3O6/c1-3-31-21(28)14-19-11-9-17-13-18(10-12-20(17)33-19)26-23(29)16-7-5-15(6-8-16)22(25)27-24(30)32-4-2/h5-8,10,12-13,19H,3-4,9,11,14H2,1-2H3,(H,26,29)(H2,25,27,30). The van der Waals surface area contributed by atoms with Gasteiger partial charge in [0.2, 0.25) is 0 Å². The number of hydrogen-bond donors (Lipinski definition) is 3. The van der Waals surface area contributed by atoms with Crippen LogP contribution in [0.5, 0.6) is 5.75 Å². The molecule has 33 heavy (non-hydrogen) atoms. The molecule has 2 amide bonds. The second kappa shape index (κ2) is 11.1. The van der Waals surface area contributed by atoms with Crippen molar-refractivity contribution >= 4 is 29.5 Å². The minimum absolute atomic E-state index is 0.114. The van der Waals surface area contributed by atoms with Crippen LogP contribution in [-0.2, 0) is 20.7 Å². The minimum atomic E-state index is -0.701. The van der Waals surface area contributed by atoms with Crippen molar-refractivity contribution in [2.75, 3.05) is 18.5 Å². The van der Waals surface area contributed by atoms with Crippen molar-refractivity contribution in [2.45, 2.75) is 39.2 Å². The first-order valence-corrected chi connectivity index (χ1v) is 10.8. The number of hydrogen-bond acceptors (Lipinski definition) is 7. The summed E-state index contributed by atoms with van der Waals surface area (Å²) >= 11 is 0. The molecule has 3 rings (SSSR count). The summed E-state index contributed by atoms with van der Waals surface area (Å²) in [6, 6.07) is 11.7. The van der Waals surface area contributed by atoms with E-state index >= 15 is 0 Å². The number of amides is 2. The Labute approximate surface area is 191 Å². The van der Waals surface area contributed by atoms with Crippen LogP contribution in [0.25, 0.3) is 0 Å². The molecule has 9 heteroatoms. The molecule has 0 bridgehead atoms. The molecule has 0 aliphatic carbocycles. The highest BCUT2D eigenvalue weighted by Crippen LogP contribution is 2.31. The van der Waals surface area contributed by atoms with Gasteiger partial charge in [0.15, 0.2) is 0 Å². The topological polar surface area (TPSA) is 127 Å². The third kappa shape index (κ3) is 6.55. The van der Waals surface area contributed by atoms with E-state index in [1.807, 2.05) is 6.07 Å². The fourth-order valence-electron chi connectivity index (χ4n) is 3.40. The number of esters is 1. The van der Waals surface area contributed by atoms with Gasteiger partial charge in [-0.25, -0.2) is 4.79 Å². The molecule has 0 saturated heterocycles. The molecule has 2 aromatic rings. The Bertz CT molecular complexity index is 1030. The van der Waals surface area contributed by atoms with Crippen LogP contribution < -0.4 is 15.4 Å². The molecule has 0 radical (unpaired) electrons. The smallest absolute Gasteiger partial charge is 0.412 e. The maximum absolute atomic E-state index is 12.6. The van der Waals surface area contributed by atoms with Crippen LogP contribution in [0.4, 0.5) is 10.5 Å². The number of rotatable bonds is 7. The molecule has 1 unspecified atom stereocenters. The van der Waals surface area contributed by atoms with Gasteiger partial charge in [-0.1, -0.05) is 12.1 Å². The molecule has 174 valence electrons. The average Bonchev–Trinajstić information content (AvgIpc) is 2.79. The molecule has 0 saturated carbocycles. The Balaban J connectivity index is 1.58. The Hall–Kier alpha value is -3.88. The van der Waals surface area contributed by atoms with E-state index in [0.717, 1.165) is 12.0 Å². The number of amidine groups is 1. The Morgan fingerprint density at radius 3 is 2.42 bits per heavy atom. The number of ether oxygens (including phenoxy) is 3. The van der Waals surface area contributed by atoms with Crippen LogP contribution in [0.3, 0.4) is 0 Å². The van der Waals surface area contributed by atoms with E-state index in [9.17, 15) is 14.4 Å². The van der Waals surface area contributed by atoms with Gasteiger partial charge in [0.05, 0.1) is 19.6 Å². The summed E-state index contributed by atoms with van der Waals surface area (Å²) in [7, 11) is 0. The van der Waals surface area contributed by atoms with Gasteiger partial charge < -0.3 is 19.5 Å². The van der Waals surface area contributed by atoms with Crippen LogP contribution in [0.1, 0.15) is 48.2 Å². The van der Waals surface area contributed by atoms with E-state index in [1.165, 1.54) is 0 Å². The Morgan fingerprint density at radius 2 is 1.73 bits per heavy atom. The number of anilines is 1. The molecular weight excluding hydrogens is 426 g/mol.